The number of fused-ring (bicyclic) bond motifs is 3. The lowest BCUT2D eigenvalue weighted by molar-refractivity contribution is 0.509. The fourth-order valence-corrected chi connectivity index (χ4v) is 4.84. The van der Waals surface area contributed by atoms with E-state index in [1.165, 1.54) is 28.6 Å². The topological polar surface area (TPSA) is 34.9 Å². The van der Waals surface area contributed by atoms with Gasteiger partial charge < -0.3 is 0 Å². The van der Waals surface area contributed by atoms with Crippen LogP contribution in [0.4, 0.5) is 0 Å². The van der Waals surface area contributed by atoms with Gasteiger partial charge in [0, 0.05) is 11.4 Å². The Bertz CT molecular complexity index is 730. The second kappa shape index (κ2) is 5.37. The molecule has 0 spiro atoms. The molecule has 0 aromatic carbocycles. The summed E-state index contributed by atoms with van der Waals surface area (Å²) in [7, 11) is 0. The standard InChI is InChI=1S/C15H18N2OS2/c1-4-7-17-14(18)12-10-6-5-9(2)8-11(10)20-13(12)16-15(17)19-3/h4,9H,1,5-8H2,2-3H3. The molecule has 106 valence electrons. The van der Waals surface area contributed by atoms with Crippen LogP contribution in [0.3, 0.4) is 0 Å². The second-order valence-corrected chi connectivity index (χ2v) is 7.19. The molecule has 2 heterocycles. The summed E-state index contributed by atoms with van der Waals surface area (Å²) < 4.78 is 1.74. The van der Waals surface area contributed by atoms with Crippen molar-refractivity contribution in [1.29, 1.82) is 0 Å². The molecule has 3 rings (SSSR count). The largest absolute Gasteiger partial charge is 0.283 e. The van der Waals surface area contributed by atoms with Crippen LogP contribution in [0.15, 0.2) is 22.6 Å². The lowest BCUT2D eigenvalue weighted by atomic mass is 9.89. The average molecular weight is 306 g/mol. The molecule has 1 unspecified atom stereocenters. The van der Waals surface area contributed by atoms with Gasteiger partial charge in [0.2, 0.25) is 0 Å². The fraction of sp³-hybridized carbons (Fsp3) is 0.467. The molecule has 0 radical (unpaired) electrons. The highest BCUT2D eigenvalue weighted by atomic mass is 32.2. The van der Waals surface area contributed by atoms with E-state index in [0.29, 0.717) is 12.5 Å². The van der Waals surface area contributed by atoms with Crippen LogP contribution in [0.2, 0.25) is 0 Å². The molecule has 3 nitrogen and oxygen atoms in total. The Morgan fingerprint density at radius 1 is 1.60 bits per heavy atom. The minimum atomic E-state index is 0.103. The van der Waals surface area contributed by atoms with E-state index in [0.717, 1.165) is 28.2 Å². The molecule has 0 aliphatic heterocycles. The van der Waals surface area contributed by atoms with Gasteiger partial charge in [0.25, 0.3) is 5.56 Å². The van der Waals surface area contributed by atoms with Gasteiger partial charge in [0.1, 0.15) is 4.83 Å². The van der Waals surface area contributed by atoms with Crippen LogP contribution in [-0.4, -0.2) is 15.8 Å². The Balaban J connectivity index is 2.30. The van der Waals surface area contributed by atoms with E-state index in [-0.39, 0.29) is 5.56 Å². The van der Waals surface area contributed by atoms with Crippen LogP contribution in [0.5, 0.6) is 0 Å². The molecule has 0 amide bonds. The van der Waals surface area contributed by atoms with Crippen molar-refractivity contribution in [1.82, 2.24) is 9.55 Å². The maximum Gasteiger partial charge on any atom is 0.263 e. The van der Waals surface area contributed by atoms with Crippen molar-refractivity contribution in [3.05, 3.63) is 33.4 Å². The summed E-state index contributed by atoms with van der Waals surface area (Å²) in [5, 5.41) is 1.64. The van der Waals surface area contributed by atoms with Crippen LogP contribution in [0.25, 0.3) is 10.2 Å². The van der Waals surface area contributed by atoms with Crippen molar-refractivity contribution in [3.8, 4) is 0 Å². The van der Waals surface area contributed by atoms with E-state index in [4.69, 9.17) is 4.98 Å². The van der Waals surface area contributed by atoms with Gasteiger partial charge in [-0.2, -0.15) is 0 Å². The predicted octanol–water partition coefficient (Wildman–Crippen LogP) is 3.49. The molecule has 1 aliphatic carbocycles. The summed E-state index contributed by atoms with van der Waals surface area (Å²) in [6.45, 7) is 6.55. The van der Waals surface area contributed by atoms with Crippen LogP contribution in [0, 0.1) is 5.92 Å². The van der Waals surface area contributed by atoms with Gasteiger partial charge in [-0.25, -0.2) is 4.98 Å². The van der Waals surface area contributed by atoms with Crippen molar-refractivity contribution in [2.75, 3.05) is 6.26 Å². The maximum absolute atomic E-state index is 12.8. The summed E-state index contributed by atoms with van der Waals surface area (Å²) in [4.78, 5) is 19.8. The number of thiophene rings is 1. The highest BCUT2D eigenvalue weighted by Gasteiger charge is 2.24. The van der Waals surface area contributed by atoms with Crippen LogP contribution >= 0.6 is 23.1 Å². The van der Waals surface area contributed by atoms with Crippen molar-refractivity contribution in [2.45, 2.75) is 37.9 Å². The molecule has 5 heteroatoms. The number of aryl methyl sites for hydroxylation is 1. The Labute approximate surface area is 126 Å². The molecule has 0 saturated heterocycles. The third-order valence-electron chi connectivity index (χ3n) is 3.87. The molecule has 2 aromatic heterocycles. The molecule has 0 saturated carbocycles. The van der Waals surface area contributed by atoms with Gasteiger partial charge in [-0.05, 0) is 37.0 Å². The number of thioether (sulfide) groups is 1. The summed E-state index contributed by atoms with van der Waals surface area (Å²) >= 11 is 3.23. The average Bonchev–Trinajstić information content (AvgIpc) is 2.79. The number of nitrogens with zero attached hydrogens (tertiary/aromatic N) is 2. The highest BCUT2D eigenvalue weighted by molar-refractivity contribution is 7.98. The zero-order chi connectivity index (χ0) is 14.3. The fourth-order valence-electron chi connectivity index (χ4n) is 2.85. The van der Waals surface area contributed by atoms with Gasteiger partial charge >= 0.3 is 0 Å². The van der Waals surface area contributed by atoms with Crippen molar-refractivity contribution in [3.63, 3.8) is 0 Å². The van der Waals surface area contributed by atoms with Crippen LogP contribution in [-0.2, 0) is 19.4 Å². The van der Waals surface area contributed by atoms with E-state index in [2.05, 4.69) is 13.5 Å². The number of hydrogen-bond acceptors (Lipinski definition) is 4. The Morgan fingerprint density at radius 3 is 3.10 bits per heavy atom. The number of rotatable bonds is 3. The zero-order valence-corrected chi connectivity index (χ0v) is 13.4. The van der Waals surface area contributed by atoms with Crippen molar-refractivity contribution < 1.29 is 0 Å². The zero-order valence-electron chi connectivity index (χ0n) is 11.8. The Hall–Kier alpha value is -1.07. The molecule has 2 aromatic rings. The monoisotopic (exact) mass is 306 g/mol. The summed E-state index contributed by atoms with van der Waals surface area (Å²) in [6, 6.07) is 0. The summed E-state index contributed by atoms with van der Waals surface area (Å²) in [5.41, 5.74) is 1.36. The first-order valence-electron chi connectivity index (χ1n) is 6.85. The SMILES string of the molecule is C=CCn1c(SC)nc2sc3c(c2c1=O)CCC(C)C3. The van der Waals surface area contributed by atoms with Gasteiger partial charge in [-0.1, -0.05) is 24.8 Å². The lowest BCUT2D eigenvalue weighted by Crippen LogP contribution is -2.23. The highest BCUT2D eigenvalue weighted by Crippen LogP contribution is 2.36. The van der Waals surface area contributed by atoms with Crippen LogP contribution in [0.1, 0.15) is 23.8 Å². The molecule has 20 heavy (non-hydrogen) atoms. The van der Waals surface area contributed by atoms with E-state index in [9.17, 15) is 4.79 Å². The van der Waals surface area contributed by atoms with Crippen LogP contribution < -0.4 is 5.56 Å². The number of hydrogen-bond donors (Lipinski definition) is 0. The quantitative estimate of drug-likeness (QED) is 0.494. The minimum absolute atomic E-state index is 0.103. The Morgan fingerprint density at radius 2 is 2.40 bits per heavy atom. The molecule has 0 N–H and O–H groups in total. The minimum Gasteiger partial charge on any atom is -0.283 e. The lowest BCUT2D eigenvalue weighted by Gasteiger charge is -2.17. The normalized spacial score (nSPS) is 18.2. The van der Waals surface area contributed by atoms with Crippen molar-refractivity contribution >= 4 is 33.3 Å². The van der Waals surface area contributed by atoms with Gasteiger partial charge in [0.05, 0.1) is 5.39 Å². The molecule has 0 bridgehead atoms. The summed E-state index contributed by atoms with van der Waals surface area (Å²) in [6.07, 6.45) is 6.99. The first-order chi connectivity index (χ1) is 9.65. The molecular formula is C15H18N2OS2. The van der Waals surface area contributed by atoms with Gasteiger partial charge in [0.15, 0.2) is 5.16 Å². The molecule has 1 atom stereocenters. The van der Waals surface area contributed by atoms with E-state index < -0.39 is 0 Å². The predicted molar refractivity (Wildman–Crippen MR) is 87.0 cm³/mol. The number of allylic oxidation sites excluding steroid dienone is 1. The molecule has 1 aliphatic rings. The first-order valence-corrected chi connectivity index (χ1v) is 8.89. The van der Waals surface area contributed by atoms with Crippen molar-refractivity contribution in [2.24, 2.45) is 5.92 Å². The molecular weight excluding hydrogens is 288 g/mol. The maximum atomic E-state index is 12.8. The number of aromatic nitrogens is 2. The smallest absolute Gasteiger partial charge is 0.263 e. The first kappa shape index (κ1) is 13.9. The van der Waals surface area contributed by atoms with E-state index in [1.54, 1.807) is 22.0 Å². The third kappa shape index (κ3) is 2.13. The second-order valence-electron chi connectivity index (χ2n) is 5.33. The summed E-state index contributed by atoms with van der Waals surface area (Å²) in [5.74, 6) is 0.714. The third-order valence-corrected chi connectivity index (χ3v) is 5.70. The van der Waals surface area contributed by atoms with Gasteiger partial charge in [-0.15, -0.1) is 17.9 Å². The van der Waals surface area contributed by atoms with Gasteiger partial charge in [-0.3, -0.25) is 9.36 Å². The van der Waals surface area contributed by atoms with E-state index >= 15 is 0 Å². The van der Waals surface area contributed by atoms with E-state index in [1.807, 2.05) is 6.26 Å². The molecule has 0 fully saturated rings. The Kier molecular flexibility index (Phi) is 3.73.